The predicted molar refractivity (Wildman–Crippen MR) is 66.1 cm³/mol. The largest absolute Gasteiger partial charge is 0.459 e. The van der Waals surface area contributed by atoms with Gasteiger partial charge in [0.1, 0.15) is 6.10 Å². The quantitative estimate of drug-likeness (QED) is 0.624. The second-order valence-corrected chi connectivity index (χ2v) is 4.95. The average molecular weight is 282 g/mol. The van der Waals surface area contributed by atoms with E-state index in [0.29, 0.717) is 5.56 Å². The van der Waals surface area contributed by atoms with Crippen LogP contribution in [0.4, 0.5) is 0 Å². The molecule has 0 aliphatic heterocycles. The first kappa shape index (κ1) is 13.6. The highest BCUT2D eigenvalue weighted by atomic mass is 35.5. The Morgan fingerprint density at radius 1 is 1.38 bits per heavy atom. The molecule has 1 unspecified atom stereocenters. The van der Waals surface area contributed by atoms with Crippen molar-refractivity contribution >= 4 is 40.8 Å². The Morgan fingerprint density at radius 2 is 1.94 bits per heavy atom. The SMILES string of the molecule is CC(CCl)OC(=O)C(Cl)(Cl)c1ccccc1. The molecule has 1 aromatic carbocycles. The molecule has 16 heavy (non-hydrogen) atoms. The molecule has 0 N–H and O–H groups in total. The summed E-state index contributed by atoms with van der Waals surface area (Å²) in [7, 11) is 0. The zero-order valence-electron chi connectivity index (χ0n) is 8.62. The van der Waals surface area contributed by atoms with Crippen LogP contribution in [0.2, 0.25) is 0 Å². The van der Waals surface area contributed by atoms with Gasteiger partial charge in [0.05, 0.1) is 5.88 Å². The number of benzene rings is 1. The zero-order valence-corrected chi connectivity index (χ0v) is 10.9. The van der Waals surface area contributed by atoms with E-state index in [9.17, 15) is 4.79 Å². The Hall–Kier alpha value is -0.440. The van der Waals surface area contributed by atoms with E-state index in [-0.39, 0.29) is 5.88 Å². The molecule has 1 rings (SSSR count). The summed E-state index contributed by atoms with van der Waals surface area (Å²) in [5, 5.41) is 0. The molecule has 0 aliphatic rings. The highest BCUT2D eigenvalue weighted by molar-refractivity contribution is 6.56. The Bertz CT molecular complexity index is 352. The first-order valence-corrected chi connectivity index (χ1v) is 5.98. The summed E-state index contributed by atoms with van der Waals surface area (Å²) in [6.45, 7) is 1.67. The van der Waals surface area contributed by atoms with E-state index in [4.69, 9.17) is 39.5 Å². The standard InChI is InChI=1S/C11H11Cl3O2/c1-8(7-12)16-10(15)11(13,14)9-5-3-2-4-6-9/h2-6,8H,7H2,1H3. The number of ether oxygens (including phenoxy) is 1. The topological polar surface area (TPSA) is 26.3 Å². The lowest BCUT2D eigenvalue weighted by Crippen LogP contribution is -2.29. The minimum atomic E-state index is -1.69. The molecule has 0 spiro atoms. The second-order valence-electron chi connectivity index (χ2n) is 3.31. The average Bonchev–Trinajstić information content (AvgIpc) is 2.29. The monoisotopic (exact) mass is 280 g/mol. The van der Waals surface area contributed by atoms with Crippen molar-refractivity contribution in [1.82, 2.24) is 0 Å². The molecule has 0 saturated heterocycles. The maximum atomic E-state index is 11.7. The molecule has 0 aliphatic carbocycles. The van der Waals surface area contributed by atoms with E-state index >= 15 is 0 Å². The molecule has 1 aromatic rings. The van der Waals surface area contributed by atoms with Crippen LogP contribution in [0.25, 0.3) is 0 Å². The number of alkyl halides is 3. The Morgan fingerprint density at radius 3 is 2.44 bits per heavy atom. The van der Waals surface area contributed by atoms with Crippen molar-refractivity contribution < 1.29 is 9.53 Å². The van der Waals surface area contributed by atoms with E-state index in [1.807, 2.05) is 0 Å². The minimum Gasteiger partial charge on any atom is -0.459 e. The summed E-state index contributed by atoms with van der Waals surface area (Å²) in [5.41, 5.74) is 0.477. The van der Waals surface area contributed by atoms with Gasteiger partial charge in [0.2, 0.25) is 4.33 Å². The molecule has 0 heterocycles. The van der Waals surface area contributed by atoms with Crippen LogP contribution in [-0.4, -0.2) is 18.0 Å². The molecule has 2 nitrogen and oxygen atoms in total. The first-order chi connectivity index (χ1) is 7.48. The molecule has 1 atom stereocenters. The molecular formula is C11H11Cl3O2. The van der Waals surface area contributed by atoms with Crippen LogP contribution in [0.3, 0.4) is 0 Å². The van der Waals surface area contributed by atoms with Crippen LogP contribution in [0, 0.1) is 0 Å². The maximum absolute atomic E-state index is 11.7. The van der Waals surface area contributed by atoms with Crippen LogP contribution in [0.15, 0.2) is 30.3 Å². The smallest absolute Gasteiger partial charge is 0.347 e. The van der Waals surface area contributed by atoms with Crippen molar-refractivity contribution in [2.24, 2.45) is 0 Å². The summed E-state index contributed by atoms with van der Waals surface area (Å²) >= 11 is 17.5. The fourth-order valence-electron chi connectivity index (χ4n) is 1.05. The molecule has 0 saturated carbocycles. The highest BCUT2D eigenvalue weighted by Gasteiger charge is 2.38. The summed E-state index contributed by atoms with van der Waals surface area (Å²) < 4.78 is 3.29. The number of esters is 1. The fraction of sp³-hybridized carbons (Fsp3) is 0.364. The molecular weight excluding hydrogens is 270 g/mol. The van der Waals surface area contributed by atoms with Crippen molar-refractivity contribution in [2.75, 3.05) is 5.88 Å². The predicted octanol–water partition coefficient (Wildman–Crippen LogP) is 3.49. The van der Waals surface area contributed by atoms with Gasteiger partial charge in [-0.1, -0.05) is 53.5 Å². The Balaban J connectivity index is 2.82. The summed E-state index contributed by atoms with van der Waals surface area (Å²) in [6.07, 6.45) is -0.422. The van der Waals surface area contributed by atoms with Crippen molar-refractivity contribution in [3.63, 3.8) is 0 Å². The summed E-state index contributed by atoms with van der Waals surface area (Å²) in [4.78, 5) is 11.7. The first-order valence-electron chi connectivity index (χ1n) is 4.69. The number of rotatable bonds is 4. The highest BCUT2D eigenvalue weighted by Crippen LogP contribution is 2.35. The second kappa shape index (κ2) is 5.76. The van der Waals surface area contributed by atoms with Crippen molar-refractivity contribution in [2.45, 2.75) is 17.4 Å². The van der Waals surface area contributed by atoms with E-state index in [1.165, 1.54) is 0 Å². The van der Waals surface area contributed by atoms with Gasteiger partial charge in [0.25, 0.3) is 0 Å². The van der Waals surface area contributed by atoms with Crippen LogP contribution in [-0.2, 0) is 13.9 Å². The summed E-state index contributed by atoms with van der Waals surface area (Å²) in [6, 6.07) is 8.61. The number of carbonyl (C=O) groups excluding carboxylic acids is 1. The van der Waals surface area contributed by atoms with Crippen molar-refractivity contribution in [3.8, 4) is 0 Å². The van der Waals surface area contributed by atoms with Gasteiger partial charge < -0.3 is 4.74 Å². The van der Waals surface area contributed by atoms with Gasteiger partial charge in [-0.15, -0.1) is 11.6 Å². The van der Waals surface area contributed by atoms with Crippen molar-refractivity contribution in [1.29, 1.82) is 0 Å². The number of hydrogen-bond donors (Lipinski definition) is 0. The van der Waals surface area contributed by atoms with Gasteiger partial charge >= 0.3 is 5.97 Å². The van der Waals surface area contributed by atoms with Gasteiger partial charge in [0, 0.05) is 0 Å². The minimum absolute atomic E-state index is 0.199. The maximum Gasteiger partial charge on any atom is 0.347 e. The fourth-order valence-corrected chi connectivity index (χ4v) is 1.46. The van der Waals surface area contributed by atoms with Gasteiger partial charge in [-0.2, -0.15) is 0 Å². The normalized spacial score (nSPS) is 13.2. The van der Waals surface area contributed by atoms with Gasteiger partial charge in [0.15, 0.2) is 0 Å². The third kappa shape index (κ3) is 3.27. The van der Waals surface area contributed by atoms with Gasteiger partial charge in [-0.3, -0.25) is 0 Å². The molecule has 5 heteroatoms. The van der Waals surface area contributed by atoms with E-state index in [0.717, 1.165) is 0 Å². The third-order valence-electron chi connectivity index (χ3n) is 1.92. The lowest BCUT2D eigenvalue weighted by Gasteiger charge is -2.20. The Kier molecular flexibility index (Phi) is 4.90. The van der Waals surface area contributed by atoms with Gasteiger partial charge in [-0.25, -0.2) is 4.79 Å². The molecule has 0 amide bonds. The van der Waals surface area contributed by atoms with Crippen LogP contribution >= 0.6 is 34.8 Å². The van der Waals surface area contributed by atoms with Gasteiger partial charge in [-0.05, 0) is 12.5 Å². The third-order valence-corrected chi connectivity index (χ3v) is 3.10. The van der Waals surface area contributed by atoms with Crippen LogP contribution < -0.4 is 0 Å². The lowest BCUT2D eigenvalue weighted by molar-refractivity contribution is -0.148. The van der Waals surface area contributed by atoms with Crippen LogP contribution in [0.1, 0.15) is 12.5 Å². The number of carbonyl (C=O) groups is 1. The van der Waals surface area contributed by atoms with E-state index in [1.54, 1.807) is 37.3 Å². The Labute approximate surface area is 109 Å². The molecule has 0 fully saturated rings. The van der Waals surface area contributed by atoms with E-state index < -0.39 is 16.4 Å². The zero-order chi connectivity index (χ0) is 12.2. The molecule has 88 valence electrons. The number of halogens is 3. The summed E-state index contributed by atoms with van der Waals surface area (Å²) in [5.74, 6) is -0.514. The van der Waals surface area contributed by atoms with E-state index in [2.05, 4.69) is 0 Å². The van der Waals surface area contributed by atoms with Crippen LogP contribution in [0.5, 0.6) is 0 Å². The lowest BCUT2D eigenvalue weighted by atomic mass is 10.1. The number of hydrogen-bond acceptors (Lipinski definition) is 2. The molecule has 0 radical (unpaired) electrons. The molecule has 0 bridgehead atoms. The van der Waals surface area contributed by atoms with Crippen molar-refractivity contribution in [3.05, 3.63) is 35.9 Å². The molecule has 0 aromatic heterocycles.